The standard InChI is InChI=1S/C10H16N2O3/c1-11(8-10(14)15)9(13)4-2-5-12-6-3-7-12/h2,4H,3,5-8H2,1H3,(H,14,15)/b4-2+. The lowest BCUT2D eigenvalue weighted by Gasteiger charge is -2.29. The minimum absolute atomic E-state index is 0.257. The summed E-state index contributed by atoms with van der Waals surface area (Å²) < 4.78 is 0. The summed E-state index contributed by atoms with van der Waals surface area (Å²) in [4.78, 5) is 25.0. The van der Waals surface area contributed by atoms with Gasteiger partial charge in [-0.15, -0.1) is 0 Å². The van der Waals surface area contributed by atoms with Gasteiger partial charge in [0.1, 0.15) is 6.54 Å². The molecular formula is C10H16N2O3. The van der Waals surface area contributed by atoms with Crippen LogP contribution in [-0.4, -0.2) is 60.0 Å². The topological polar surface area (TPSA) is 60.9 Å². The number of likely N-dealkylation sites (tertiary alicyclic amines) is 1. The van der Waals surface area contributed by atoms with Crippen molar-refractivity contribution in [3.63, 3.8) is 0 Å². The number of hydrogen-bond donors (Lipinski definition) is 1. The highest BCUT2D eigenvalue weighted by Crippen LogP contribution is 2.04. The second-order valence-corrected chi connectivity index (χ2v) is 3.64. The number of likely N-dealkylation sites (N-methyl/N-ethyl adjacent to an activating group) is 1. The Hall–Kier alpha value is -1.36. The van der Waals surface area contributed by atoms with Gasteiger partial charge in [-0.2, -0.15) is 0 Å². The molecule has 1 heterocycles. The van der Waals surface area contributed by atoms with Crippen LogP contribution >= 0.6 is 0 Å². The molecule has 0 unspecified atom stereocenters. The van der Waals surface area contributed by atoms with Gasteiger partial charge < -0.3 is 10.0 Å². The van der Waals surface area contributed by atoms with E-state index in [1.807, 2.05) is 0 Å². The second-order valence-electron chi connectivity index (χ2n) is 3.64. The van der Waals surface area contributed by atoms with Gasteiger partial charge in [0, 0.05) is 19.7 Å². The number of hydrogen-bond acceptors (Lipinski definition) is 3. The van der Waals surface area contributed by atoms with Crippen LogP contribution in [-0.2, 0) is 9.59 Å². The predicted octanol–water partition coefficient (Wildman–Crippen LogP) is -0.209. The number of nitrogens with zero attached hydrogens (tertiary/aromatic N) is 2. The third-order valence-electron chi connectivity index (χ3n) is 2.32. The molecule has 1 amide bonds. The van der Waals surface area contributed by atoms with Gasteiger partial charge in [0.2, 0.25) is 5.91 Å². The molecule has 1 rings (SSSR count). The molecule has 0 aromatic rings. The van der Waals surface area contributed by atoms with Crippen molar-refractivity contribution >= 4 is 11.9 Å². The van der Waals surface area contributed by atoms with E-state index in [-0.39, 0.29) is 12.5 Å². The van der Waals surface area contributed by atoms with Crippen LogP contribution in [0.2, 0.25) is 0 Å². The van der Waals surface area contributed by atoms with Crippen molar-refractivity contribution in [2.75, 3.05) is 33.2 Å². The molecule has 1 fully saturated rings. The molecule has 0 bridgehead atoms. The van der Waals surface area contributed by atoms with E-state index in [4.69, 9.17) is 5.11 Å². The summed E-state index contributed by atoms with van der Waals surface area (Å²) in [5, 5.41) is 8.47. The Morgan fingerprint density at radius 3 is 2.60 bits per heavy atom. The van der Waals surface area contributed by atoms with Gasteiger partial charge in [-0.3, -0.25) is 14.5 Å². The summed E-state index contributed by atoms with van der Waals surface area (Å²) in [6.07, 6.45) is 4.43. The van der Waals surface area contributed by atoms with E-state index in [0.717, 1.165) is 19.6 Å². The summed E-state index contributed by atoms with van der Waals surface area (Å²) in [5.74, 6) is -1.26. The fraction of sp³-hybridized carbons (Fsp3) is 0.600. The van der Waals surface area contributed by atoms with Gasteiger partial charge in [-0.25, -0.2) is 0 Å². The lowest BCUT2D eigenvalue weighted by atomic mass is 10.2. The molecule has 0 spiro atoms. The highest BCUT2D eigenvalue weighted by Gasteiger charge is 2.12. The predicted molar refractivity (Wildman–Crippen MR) is 55.5 cm³/mol. The lowest BCUT2D eigenvalue weighted by molar-refractivity contribution is -0.141. The van der Waals surface area contributed by atoms with Crippen LogP contribution in [0.15, 0.2) is 12.2 Å². The van der Waals surface area contributed by atoms with Crippen LogP contribution in [0, 0.1) is 0 Å². The lowest BCUT2D eigenvalue weighted by Crippen LogP contribution is -2.37. The molecule has 1 aliphatic rings. The normalized spacial score (nSPS) is 16.3. The first-order valence-electron chi connectivity index (χ1n) is 4.95. The molecule has 5 nitrogen and oxygen atoms in total. The molecule has 15 heavy (non-hydrogen) atoms. The Morgan fingerprint density at radius 1 is 1.47 bits per heavy atom. The summed E-state index contributed by atoms with van der Waals surface area (Å²) in [6, 6.07) is 0. The highest BCUT2D eigenvalue weighted by atomic mass is 16.4. The van der Waals surface area contributed by atoms with Gasteiger partial charge in [-0.1, -0.05) is 6.08 Å². The number of carboxylic acid groups (broad SMARTS) is 1. The molecule has 0 aliphatic carbocycles. The first-order chi connectivity index (χ1) is 7.09. The third-order valence-corrected chi connectivity index (χ3v) is 2.32. The average molecular weight is 212 g/mol. The van der Waals surface area contributed by atoms with E-state index in [9.17, 15) is 9.59 Å². The largest absolute Gasteiger partial charge is 0.480 e. The Balaban J connectivity index is 2.23. The average Bonchev–Trinajstić information content (AvgIpc) is 2.07. The molecule has 5 heteroatoms. The second kappa shape index (κ2) is 5.50. The first-order valence-corrected chi connectivity index (χ1v) is 4.95. The van der Waals surface area contributed by atoms with Crippen LogP contribution in [0.25, 0.3) is 0 Å². The van der Waals surface area contributed by atoms with Gasteiger partial charge in [0.25, 0.3) is 0 Å². The van der Waals surface area contributed by atoms with Crippen LogP contribution in [0.4, 0.5) is 0 Å². The molecule has 0 aromatic heterocycles. The van der Waals surface area contributed by atoms with E-state index in [1.165, 1.54) is 24.4 Å². The zero-order chi connectivity index (χ0) is 11.3. The zero-order valence-corrected chi connectivity index (χ0v) is 8.85. The monoisotopic (exact) mass is 212 g/mol. The molecule has 1 N–H and O–H groups in total. The Labute approximate surface area is 89.0 Å². The summed E-state index contributed by atoms with van der Waals surface area (Å²) >= 11 is 0. The van der Waals surface area contributed by atoms with Crippen LogP contribution in [0.3, 0.4) is 0 Å². The molecule has 1 aliphatic heterocycles. The van der Waals surface area contributed by atoms with Gasteiger partial charge in [0.15, 0.2) is 0 Å². The zero-order valence-electron chi connectivity index (χ0n) is 8.85. The van der Waals surface area contributed by atoms with Gasteiger partial charge in [0.05, 0.1) is 0 Å². The van der Waals surface area contributed by atoms with Crippen molar-refractivity contribution in [1.82, 2.24) is 9.80 Å². The Bertz CT molecular complexity index is 272. The number of aliphatic carboxylic acids is 1. The molecule has 1 saturated heterocycles. The van der Waals surface area contributed by atoms with Crippen molar-refractivity contribution in [2.24, 2.45) is 0 Å². The summed E-state index contributed by atoms with van der Waals surface area (Å²) in [6.45, 7) is 2.69. The van der Waals surface area contributed by atoms with Crippen LogP contribution in [0.5, 0.6) is 0 Å². The van der Waals surface area contributed by atoms with Gasteiger partial charge >= 0.3 is 5.97 Å². The number of carbonyl (C=O) groups is 2. The fourth-order valence-electron chi connectivity index (χ4n) is 1.27. The van der Waals surface area contributed by atoms with E-state index in [0.29, 0.717) is 0 Å². The van der Waals surface area contributed by atoms with Crippen LogP contribution in [0.1, 0.15) is 6.42 Å². The highest BCUT2D eigenvalue weighted by molar-refractivity contribution is 5.89. The maximum atomic E-state index is 11.3. The first kappa shape index (κ1) is 11.7. The molecular weight excluding hydrogens is 196 g/mol. The fourth-order valence-corrected chi connectivity index (χ4v) is 1.27. The maximum absolute atomic E-state index is 11.3. The van der Waals surface area contributed by atoms with Crippen molar-refractivity contribution < 1.29 is 14.7 Å². The maximum Gasteiger partial charge on any atom is 0.323 e. The van der Waals surface area contributed by atoms with Gasteiger partial charge in [-0.05, 0) is 19.5 Å². The van der Waals surface area contributed by atoms with Crippen molar-refractivity contribution in [3.8, 4) is 0 Å². The minimum atomic E-state index is -0.998. The van der Waals surface area contributed by atoms with Crippen molar-refractivity contribution in [3.05, 3.63) is 12.2 Å². The number of carboxylic acids is 1. The van der Waals surface area contributed by atoms with E-state index >= 15 is 0 Å². The minimum Gasteiger partial charge on any atom is -0.480 e. The van der Waals surface area contributed by atoms with Crippen LogP contribution < -0.4 is 0 Å². The molecule has 0 aromatic carbocycles. The van der Waals surface area contributed by atoms with E-state index in [2.05, 4.69) is 4.90 Å². The molecule has 0 saturated carbocycles. The Morgan fingerprint density at radius 2 is 2.13 bits per heavy atom. The Kier molecular flexibility index (Phi) is 4.30. The van der Waals surface area contributed by atoms with Crippen molar-refractivity contribution in [1.29, 1.82) is 0 Å². The SMILES string of the molecule is CN(CC(=O)O)C(=O)/C=C/CN1CCC1. The molecule has 84 valence electrons. The number of amides is 1. The molecule has 0 radical (unpaired) electrons. The quantitative estimate of drug-likeness (QED) is 0.641. The summed E-state index contributed by atoms with van der Waals surface area (Å²) in [7, 11) is 1.48. The van der Waals surface area contributed by atoms with E-state index in [1.54, 1.807) is 6.08 Å². The third kappa shape index (κ3) is 4.12. The summed E-state index contributed by atoms with van der Waals surface area (Å²) in [5.41, 5.74) is 0. The molecule has 0 atom stereocenters. The number of rotatable bonds is 5. The smallest absolute Gasteiger partial charge is 0.323 e. The van der Waals surface area contributed by atoms with Crippen molar-refractivity contribution in [2.45, 2.75) is 6.42 Å². The number of carbonyl (C=O) groups excluding carboxylic acids is 1. The van der Waals surface area contributed by atoms with E-state index < -0.39 is 5.97 Å².